The summed E-state index contributed by atoms with van der Waals surface area (Å²) in [4.78, 5) is 13.3. The van der Waals surface area contributed by atoms with E-state index in [1.165, 1.54) is 48.8 Å². The molecule has 2 N–H and O–H groups in total. The summed E-state index contributed by atoms with van der Waals surface area (Å²) in [7, 11) is 0. The fourth-order valence-electron chi connectivity index (χ4n) is 3.20. The number of likely N-dealkylation sites (tertiary alicyclic amines) is 1. The van der Waals surface area contributed by atoms with Gasteiger partial charge in [-0.15, -0.1) is 35.3 Å². The van der Waals surface area contributed by atoms with Crippen LogP contribution in [0.5, 0.6) is 0 Å². The molecule has 0 unspecified atom stereocenters. The largest absolute Gasteiger partial charge is 0.357 e. The molecule has 0 aromatic carbocycles. The highest BCUT2D eigenvalue weighted by atomic mass is 127. The van der Waals surface area contributed by atoms with Crippen molar-refractivity contribution in [3.63, 3.8) is 0 Å². The van der Waals surface area contributed by atoms with Crippen LogP contribution in [-0.4, -0.2) is 55.1 Å². The van der Waals surface area contributed by atoms with Crippen molar-refractivity contribution in [2.24, 2.45) is 10.9 Å². The molecule has 1 aliphatic rings. The number of guanidine groups is 1. The molecule has 0 amide bonds. The first-order valence-corrected chi connectivity index (χ1v) is 11.1. The monoisotopic (exact) mass is 507 g/mol. The van der Waals surface area contributed by atoms with Crippen LogP contribution in [0.15, 0.2) is 4.99 Å². The molecule has 0 radical (unpaired) electrons. The van der Waals surface area contributed by atoms with E-state index in [0.717, 1.165) is 50.0 Å². The first-order valence-electron chi connectivity index (χ1n) is 10.3. The maximum Gasteiger partial charge on any atom is 0.191 e. The number of aryl methyl sites for hydroxylation is 2. The third kappa shape index (κ3) is 9.56. The number of hydrogen-bond acceptors (Lipinski definition) is 4. The van der Waals surface area contributed by atoms with Crippen molar-refractivity contribution in [2.75, 3.05) is 39.3 Å². The number of unbranched alkanes of at least 4 members (excludes halogenated alkanes) is 1. The Balaban J connectivity index is 0.00000364. The third-order valence-electron chi connectivity index (χ3n) is 5.08. The average molecular weight is 508 g/mol. The zero-order valence-electron chi connectivity index (χ0n) is 17.5. The van der Waals surface area contributed by atoms with Crippen molar-refractivity contribution in [1.82, 2.24) is 20.5 Å². The molecule has 7 heteroatoms. The van der Waals surface area contributed by atoms with Gasteiger partial charge in [-0.1, -0.05) is 6.92 Å². The minimum Gasteiger partial charge on any atom is -0.357 e. The van der Waals surface area contributed by atoms with Gasteiger partial charge >= 0.3 is 0 Å². The van der Waals surface area contributed by atoms with E-state index < -0.39 is 0 Å². The van der Waals surface area contributed by atoms with Gasteiger partial charge in [0.15, 0.2) is 5.96 Å². The lowest BCUT2D eigenvalue weighted by molar-refractivity contribution is 0.190. The zero-order chi connectivity index (χ0) is 18.8. The first-order chi connectivity index (χ1) is 12.6. The second kappa shape index (κ2) is 13.7. The summed E-state index contributed by atoms with van der Waals surface area (Å²) in [6.45, 7) is 15.2. The maximum absolute atomic E-state index is 4.72. The van der Waals surface area contributed by atoms with E-state index >= 15 is 0 Å². The van der Waals surface area contributed by atoms with Crippen molar-refractivity contribution >= 4 is 41.3 Å². The van der Waals surface area contributed by atoms with Crippen LogP contribution in [0.1, 0.15) is 55.1 Å². The molecular formula is C20H38IN5S. The Bertz CT molecular complexity index is 533. The van der Waals surface area contributed by atoms with Crippen LogP contribution in [0.3, 0.4) is 0 Å². The molecule has 0 aliphatic carbocycles. The smallest absolute Gasteiger partial charge is 0.191 e. The SMILES string of the molecule is CCNC(=NCCCCN1CCC(C)CC1)NCCc1nc(C)c(C)s1.I. The number of nitrogens with zero attached hydrogens (tertiary/aromatic N) is 3. The number of piperidine rings is 1. The van der Waals surface area contributed by atoms with Crippen LogP contribution >= 0.6 is 35.3 Å². The number of hydrogen-bond donors (Lipinski definition) is 2. The fourth-order valence-corrected chi connectivity index (χ4v) is 4.13. The molecule has 0 saturated carbocycles. The van der Waals surface area contributed by atoms with E-state index in [-0.39, 0.29) is 24.0 Å². The summed E-state index contributed by atoms with van der Waals surface area (Å²) in [5.41, 5.74) is 1.16. The lowest BCUT2D eigenvalue weighted by atomic mass is 9.99. The number of nitrogens with one attached hydrogen (secondary N) is 2. The van der Waals surface area contributed by atoms with E-state index in [9.17, 15) is 0 Å². The topological polar surface area (TPSA) is 52.6 Å². The van der Waals surface area contributed by atoms with E-state index in [4.69, 9.17) is 4.99 Å². The van der Waals surface area contributed by atoms with E-state index in [2.05, 4.69) is 48.2 Å². The summed E-state index contributed by atoms with van der Waals surface area (Å²) >= 11 is 1.80. The standard InChI is InChI=1S/C20H37N5S.HI/c1-5-21-20(23-12-8-19-24-17(3)18(4)26-19)22-11-6-7-13-25-14-9-16(2)10-15-25;/h16H,5-15H2,1-4H3,(H2,21,22,23);1H. The Morgan fingerprint density at radius 2 is 1.96 bits per heavy atom. The molecule has 5 nitrogen and oxygen atoms in total. The summed E-state index contributed by atoms with van der Waals surface area (Å²) < 4.78 is 0. The van der Waals surface area contributed by atoms with Crippen LogP contribution in [0, 0.1) is 19.8 Å². The third-order valence-corrected chi connectivity index (χ3v) is 6.21. The Morgan fingerprint density at radius 3 is 2.59 bits per heavy atom. The van der Waals surface area contributed by atoms with Crippen molar-refractivity contribution in [2.45, 2.75) is 59.8 Å². The zero-order valence-corrected chi connectivity index (χ0v) is 20.7. The van der Waals surface area contributed by atoms with Crippen molar-refractivity contribution < 1.29 is 0 Å². The Labute approximate surface area is 186 Å². The predicted octanol–water partition coefficient (Wildman–Crippen LogP) is 3.99. The van der Waals surface area contributed by atoms with E-state index in [0.29, 0.717) is 0 Å². The van der Waals surface area contributed by atoms with Gasteiger partial charge in [0.05, 0.1) is 10.7 Å². The molecule has 156 valence electrons. The van der Waals surface area contributed by atoms with Gasteiger partial charge in [-0.3, -0.25) is 4.99 Å². The molecule has 1 aromatic heterocycles. The Hall–Kier alpha value is -0.410. The van der Waals surface area contributed by atoms with Gasteiger partial charge in [-0.05, 0) is 72.0 Å². The second-order valence-electron chi connectivity index (χ2n) is 7.42. The van der Waals surface area contributed by atoms with Gasteiger partial charge in [-0.25, -0.2) is 4.98 Å². The number of aromatic nitrogens is 1. The van der Waals surface area contributed by atoms with Crippen molar-refractivity contribution in [1.29, 1.82) is 0 Å². The minimum absolute atomic E-state index is 0. The predicted molar refractivity (Wildman–Crippen MR) is 129 cm³/mol. The first kappa shape index (κ1) is 24.6. The van der Waals surface area contributed by atoms with Crippen LogP contribution in [0.2, 0.25) is 0 Å². The average Bonchev–Trinajstić information content (AvgIpc) is 2.94. The molecule has 0 bridgehead atoms. The van der Waals surface area contributed by atoms with E-state index in [1.54, 1.807) is 11.3 Å². The fraction of sp³-hybridized carbons (Fsp3) is 0.800. The molecule has 1 saturated heterocycles. The van der Waals surface area contributed by atoms with Gasteiger partial charge in [0.25, 0.3) is 0 Å². The molecule has 1 fully saturated rings. The van der Waals surface area contributed by atoms with Gasteiger partial charge in [0.2, 0.25) is 0 Å². The lowest BCUT2D eigenvalue weighted by Gasteiger charge is -2.30. The normalized spacial score (nSPS) is 16.2. The summed E-state index contributed by atoms with van der Waals surface area (Å²) in [6.07, 6.45) is 6.09. The molecule has 0 spiro atoms. The highest BCUT2D eigenvalue weighted by molar-refractivity contribution is 14.0. The van der Waals surface area contributed by atoms with Gasteiger partial charge in [0, 0.05) is 30.9 Å². The molecule has 2 rings (SSSR count). The van der Waals surface area contributed by atoms with Gasteiger partial charge in [-0.2, -0.15) is 0 Å². The number of rotatable bonds is 9. The molecule has 2 heterocycles. The van der Waals surface area contributed by atoms with Gasteiger partial charge < -0.3 is 15.5 Å². The lowest BCUT2D eigenvalue weighted by Crippen LogP contribution is -2.38. The van der Waals surface area contributed by atoms with Crippen LogP contribution in [0.4, 0.5) is 0 Å². The van der Waals surface area contributed by atoms with Crippen LogP contribution in [0.25, 0.3) is 0 Å². The number of thiazole rings is 1. The molecule has 0 atom stereocenters. The Kier molecular flexibility index (Phi) is 12.5. The highest BCUT2D eigenvalue weighted by Crippen LogP contribution is 2.17. The number of halogens is 1. The number of aliphatic imine (C=N–C) groups is 1. The molecule has 1 aliphatic heterocycles. The Morgan fingerprint density at radius 1 is 1.22 bits per heavy atom. The quantitative estimate of drug-likeness (QED) is 0.230. The summed E-state index contributed by atoms with van der Waals surface area (Å²) in [5, 5.41) is 7.99. The van der Waals surface area contributed by atoms with Crippen LogP contribution in [-0.2, 0) is 6.42 Å². The highest BCUT2D eigenvalue weighted by Gasteiger charge is 2.14. The van der Waals surface area contributed by atoms with E-state index in [1.807, 2.05) is 0 Å². The van der Waals surface area contributed by atoms with Crippen LogP contribution < -0.4 is 10.6 Å². The summed E-state index contributed by atoms with van der Waals surface area (Å²) in [5.74, 6) is 1.85. The molecule has 1 aromatic rings. The summed E-state index contributed by atoms with van der Waals surface area (Å²) in [6, 6.07) is 0. The maximum atomic E-state index is 4.72. The molecular weight excluding hydrogens is 469 g/mol. The second-order valence-corrected chi connectivity index (χ2v) is 8.71. The van der Waals surface area contributed by atoms with Crippen molar-refractivity contribution in [3.8, 4) is 0 Å². The van der Waals surface area contributed by atoms with Crippen molar-refractivity contribution in [3.05, 3.63) is 15.6 Å². The van der Waals surface area contributed by atoms with Gasteiger partial charge in [0.1, 0.15) is 0 Å². The molecule has 27 heavy (non-hydrogen) atoms. The minimum atomic E-state index is 0.